The predicted octanol–water partition coefficient (Wildman–Crippen LogP) is 5.17. The molecule has 3 aromatic rings. The van der Waals surface area contributed by atoms with Crippen LogP contribution in [0.2, 0.25) is 0 Å². The minimum Gasteiger partial charge on any atom is -0.367 e. The summed E-state index contributed by atoms with van der Waals surface area (Å²) in [5, 5.41) is 2.31. The van der Waals surface area contributed by atoms with Crippen LogP contribution >= 0.6 is 0 Å². The predicted molar refractivity (Wildman–Crippen MR) is 107 cm³/mol. The average Bonchev–Trinajstić information content (AvgIpc) is 2.71. The Kier molecular flexibility index (Phi) is 5.06. The van der Waals surface area contributed by atoms with Gasteiger partial charge in [0.15, 0.2) is 0 Å². The largest absolute Gasteiger partial charge is 0.367 e. The first-order chi connectivity index (χ1) is 13.6. The van der Waals surface area contributed by atoms with Crippen LogP contribution in [0.5, 0.6) is 0 Å². The second kappa shape index (κ2) is 7.80. The highest BCUT2D eigenvalue weighted by atomic mass is 19.1. The number of amides is 1. The van der Waals surface area contributed by atoms with Crippen LogP contribution in [0.3, 0.4) is 0 Å². The molecule has 0 atom stereocenters. The summed E-state index contributed by atoms with van der Waals surface area (Å²) >= 11 is 0. The molecule has 0 aliphatic carbocycles. The van der Waals surface area contributed by atoms with Crippen molar-refractivity contribution in [1.82, 2.24) is 0 Å². The Hall–Kier alpha value is -3.21. The maximum atomic E-state index is 13.7. The fourth-order valence-electron chi connectivity index (χ4n) is 3.56. The van der Waals surface area contributed by atoms with Gasteiger partial charge in [-0.15, -0.1) is 0 Å². The van der Waals surface area contributed by atoms with E-state index in [9.17, 15) is 13.6 Å². The highest BCUT2D eigenvalue weighted by Crippen LogP contribution is 2.28. The minimum atomic E-state index is -0.797. The van der Waals surface area contributed by atoms with Crippen LogP contribution in [0.4, 0.5) is 20.2 Å². The van der Waals surface area contributed by atoms with E-state index in [2.05, 4.69) is 28.4 Å². The fourth-order valence-corrected chi connectivity index (χ4v) is 3.56. The summed E-state index contributed by atoms with van der Waals surface area (Å²) in [6, 6.07) is 19.0. The quantitative estimate of drug-likeness (QED) is 0.679. The number of hydrogen-bond donors (Lipinski definition) is 1. The van der Waals surface area contributed by atoms with Gasteiger partial charge in [0.25, 0.3) is 5.91 Å². The molecule has 0 saturated carbocycles. The van der Waals surface area contributed by atoms with Gasteiger partial charge in [-0.2, -0.15) is 0 Å². The lowest BCUT2D eigenvalue weighted by Gasteiger charge is -2.31. The van der Waals surface area contributed by atoms with Crippen molar-refractivity contribution in [1.29, 1.82) is 0 Å². The molecule has 3 nitrogen and oxygen atoms in total. The summed E-state index contributed by atoms with van der Waals surface area (Å²) in [6.07, 6.45) is 2.21. The van der Waals surface area contributed by atoms with Crippen molar-refractivity contribution >= 4 is 17.3 Å². The molecule has 1 aliphatic rings. The van der Waals surface area contributed by atoms with E-state index in [1.54, 1.807) is 12.1 Å². The molecule has 3 aromatic carbocycles. The van der Waals surface area contributed by atoms with Gasteiger partial charge in [-0.3, -0.25) is 4.79 Å². The lowest BCUT2D eigenvalue weighted by molar-refractivity contribution is 0.102. The van der Waals surface area contributed by atoms with E-state index >= 15 is 0 Å². The van der Waals surface area contributed by atoms with Gasteiger partial charge in [-0.1, -0.05) is 36.4 Å². The molecule has 1 amide bonds. The topological polar surface area (TPSA) is 32.3 Å². The first-order valence-electron chi connectivity index (χ1n) is 9.29. The molecule has 0 fully saturated rings. The van der Waals surface area contributed by atoms with Crippen LogP contribution < -0.4 is 10.2 Å². The molecule has 1 aliphatic heterocycles. The van der Waals surface area contributed by atoms with Crippen molar-refractivity contribution in [2.24, 2.45) is 0 Å². The number of carbonyl (C=O) groups excluding carboxylic acids is 1. The Bertz CT molecular complexity index is 981. The van der Waals surface area contributed by atoms with E-state index in [4.69, 9.17) is 0 Å². The first kappa shape index (κ1) is 18.2. The van der Waals surface area contributed by atoms with Crippen LogP contribution in [-0.2, 0) is 13.0 Å². The third-order valence-electron chi connectivity index (χ3n) is 5.00. The highest BCUT2D eigenvalue weighted by Gasteiger charge is 2.17. The lowest BCUT2D eigenvalue weighted by atomic mass is 10.0. The molecule has 0 spiro atoms. The third-order valence-corrected chi connectivity index (χ3v) is 5.00. The number of aryl methyl sites for hydroxylation is 1. The van der Waals surface area contributed by atoms with Gasteiger partial charge in [-0.05, 0) is 54.3 Å². The molecule has 1 heterocycles. The molecule has 1 N–H and O–H groups in total. The van der Waals surface area contributed by atoms with E-state index in [0.717, 1.165) is 43.6 Å². The van der Waals surface area contributed by atoms with Crippen molar-refractivity contribution in [3.63, 3.8) is 0 Å². The lowest BCUT2D eigenvalue weighted by Crippen LogP contribution is -2.28. The maximum Gasteiger partial charge on any atom is 0.255 e. The number of rotatable bonds is 4. The van der Waals surface area contributed by atoms with E-state index in [1.165, 1.54) is 17.3 Å². The number of fused-ring (bicyclic) bond motifs is 1. The maximum absolute atomic E-state index is 13.7. The Balaban J connectivity index is 1.47. The van der Waals surface area contributed by atoms with Gasteiger partial charge in [-0.25, -0.2) is 8.78 Å². The average molecular weight is 378 g/mol. The van der Waals surface area contributed by atoms with Crippen molar-refractivity contribution in [3.8, 4) is 0 Å². The van der Waals surface area contributed by atoms with Crippen LogP contribution in [-0.4, -0.2) is 12.5 Å². The molecule has 142 valence electrons. The van der Waals surface area contributed by atoms with Crippen molar-refractivity contribution in [2.45, 2.75) is 19.4 Å². The summed E-state index contributed by atoms with van der Waals surface area (Å²) in [5.41, 5.74) is 3.61. The standard InChI is InChI=1S/C23H20F2N2O/c24-19-7-3-8-20(25)22(19)26-23(28)18-12-10-16(11-13-18)15-27-14-4-6-17-5-1-2-9-21(17)27/h1-3,5,7-13H,4,6,14-15H2,(H,26,28). The van der Waals surface area contributed by atoms with Crippen LogP contribution in [0.1, 0.15) is 27.9 Å². The molecule has 0 unspecified atom stereocenters. The number of benzene rings is 3. The molecular weight excluding hydrogens is 358 g/mol. The molecule has 5 heteroatoms. The monoisotopic (exact) mass is 378 g/mol. The number of nitrogens with zero attached hydrogens (tertiary/aromatic N) is 1. The molecule has 28 heavy (non-hydrogen) atoms. The molecular formula is C23H20F2N2O. The van der Waals surface area contributed by atoms with E-state index in [-0.39, 0.29) is 0 Å². The Morgan fingerprint density at radius 3 is 2.39 bits per heavy atom. The molecule has 0 saturated heterocycles. The van der Waals surface area contributed by atoms with Crippen molar-refractivity contribution in [2.75, 3.05) is 16.8 Å². The van der Waals surface area contributed by atoms with Gasteiger partial charge in [0, 0.05) is 24.3 Å². The van der Waals surface area contributed by atoms with Crippen molar-refractivity contribution in [3.05, 3.63) is 95.1 Å². The smallest absolute Gasteiger partial charge is 0.255 e. The summed E-state index contributed by atoms with van der Waals surface area (Å²) in [6.45, 7) is 1.74. The van der Waals surface area contributed by atoms with Gasteiger partial charge >= 0.3 is 0 Å². The Labute approximate surface area is 162 Å². The zero-order chi connectivity index (χ0) is 19.5. The summed E-state index contributed by atoms with van der Waals surface area (Å²) < 4.78 is 27.4. The fraction of sp³-hybridized carbons (Fsp3) is 0.174. The minimum absolute atomic E-state index is 0.352. The van der Waals surface area contributed by atoms with E-state index in [0.29, 0.717) is 5.56 Å². The van der Waals surface area contributed by atoms with E-state index < -0.39 is 23.2 Å². The van der Waals surface area contributed by atoms with E-state index in [1.807, 2.05) is 18.2 Å². The molecule has 0 bridgehead atoms. The number of halogens is 2. The third kappa shape index (κ3) is 3.74. The molecule has 0 aromatic heterocycles. The number of para-hydroxylation sites is 2. The normalized spacial score (nSPS) is 13.1. The summed E-state index contributed by atoms with van der Waals surface area (Å²) in [5.74, 6) is -2.14. The number of anilines is 2. The zero-order valence-electron chi connectivity index (χ0n) is 15.3. The number of hydrogen-bond acceptors (Lipinski definition) is 2. The molecule has 4 rings (SSSR count). The van der Waals surface area contributed by atoms with Crippen molar-refractivity contribution < 1.29 is 13.6 Å². The zero-order valence-corrected chi connectivity index (χ0v) is 15.3. The summed E-state index contributed by atoms with van der Waals surface area (Å²) in [7, 11) is 0. The Morgan fingerprint density at radius 1 is 0.929 bits per heavy atom. The Morgan fingerprint density at radius 2 is 1.64 bits per heavy atom. The summed E-state index contributed by atoms with van der Waals surface area (Å²) in [4.78, 5) is 14.7. The van der Waals surface area contributed by atoms with Gasteiger partial charge in [0.1, 0.15) is 17.3 Å². The molecule has 0 radical (unpaired) electrons. The van der Waals surface area contributed by atoms with Crippen LogP contribution in [0, 0.1) is 11.6 Å². The van der Waals surface area contributed by atoms with Gasteiger partial charge in [0.2, 0.25) is 0 Å². The second-order valence-electron chi connectivity index (χ2n) is 6.90. The van der Waals surface area contributed by atoms with Gasteiger partial charge < -0.3 is 10.2 Å². The number of carbonyl (C=O) groups is 1. The SMILES string of the molecule is O=C(Nc1c(F)cccc1F)c1ccc(CN2CCCc3ccccc32)cc1. The van der Waals surface area contributed by atoms with Crippen LogP contribution in [0.25, 0.3) is 0 Å². The van der Waals surface area contributed by atoms with Gasteiger partial charge in [0.05, 0.1) is 0 Å². The highest BCUT2D eigenvalue weighted by molar-refractivity contribution is 6.04. The first-order valence-corrected chi connectivity index (χ1v) is 9.29. The number of nitrogens with one attached hydrogen (secondary N) is 1. The van der Waals surface area contributed by atoms with Crippen LogP contribution in [0.15, 0.2) is 66.7 Å². The second-order valence-corrected chi connectivity index (χ2v) is 6.90.